The molecule has 72 valence electrons. The van der Waals surface area contributed by atoms with Gasteiger partial charge in [0.25, 0.3) is 0 Å². The summed E-state index contributed by atoms with van der Waals surface area (Å²) < 4.78 is 0. The van der Waals surface area contributed by atoms with Crippen molar-refractivity contribution < 1.29 is 0 Å². The summed E-state index contributed by atoms with van der Waals surface area (Å²) in [5, 5.41) is 3.39. The van der Waals surface area contributed by atoms with Gasteiger partial charge < -0.3 is 10.3 Å². The highest BCUT2D eigenvalue weighted by Crippen LogP contribution is 2.27. The zero-order chi connectivity index (χ0) is 9.54. The van der Waals surface area contributed by atoms with E-state index in [4.69, 9.17) is 0 Å². The van der Waals surface area contributed by atoms with E-state index in [1.165, 1.54) is 12.8 Å². The molecule has 0 unspecified atom stereocenters. The third-order valence-electron chi connectivity index (χ3n) is 2.47. The summed E-state index contributed by atoms with van der Waals surface area (Å²) in [6.07, 6.45) is 4.12. The zero-order valence-corrected chi connectivity index (χ0v) is 8.04. The molecule has 0 amide bonds. The summed E-state index contributed by atoms with van der Waals surface area (Å²) in [5.41, 5.74) is 3.14. The Labute approximate surface area is 81.8 Å². The summed E-state index contributed by atoms with van der Waals surface area (Å²) >= 11 is 0. The van der Waals surface area contributed by atoms with E-state index in [2.05, 4.69) is 20.3 Å². The molecule has 0 radical (unpaired) electrons. The molecule has 4 nitrogen and oxygen atoms in total. The second-order valence-corrected chi connectivity index (χ2v) is 3.85. The van der Waals surface area contributed by atoms with Gasteiger partial charge in [-0.25, -0.2) is 9.97 Å². The molecule has 1 fully saturated rings. The molecule has 1 aliphatic carbocycles. The number of nitrogens with zero attached hydrogens (tertiary/aromatic N) is 2. The summed E-state index contributed by atoms with van der Waals surface area (Å²) in [5.74, 6) is 0.936. The van der Waals surface area contributed by atoms with Gasteiger partial charge in [-0.2, -0.15) is 0 Å². The van der Waals surface area contributed by atoms with Crippen molar-refractivity contribution in [2.75, 3.05) is 5.32 Å². The van der Waals surface area contributed by atoms with Crippen molar-refractivity contribution >= 4 is 16.9 Å². The zero-order valence-electron chi connectivity index (χ0n) is 8.04. The molecule has 2 aromatic heterocycles. The van der Waals surface area contributed by atoms with Crippen LogP contribution in [0.5, 0.6) is 0 Å². The molecule has 4 heteroatoms. The van der Waals surface area contributed by atoms with Gasteiger partial charge in [0.1, 0.15) is 11.8 Å². The molecule has 2 aromatic rings. The van der Waals surface area contributed by atoms with Crippen molar-refractivity contribution in [3.63, 3.8) is 0 Å². The molecular weight excluding hydrogens is 176 g/mol. The van der Waals surface area contributed by atoms with Crippen molar-refractivity contribution in [3.05, 3.63) is 18.1 Å². The van der Waals surface area contributed by atoms with Gasteiger partial charge in [-0.15, -0.1) is 0 Å². The summed E-state index contributed by atoms with van der Waals surface area (Å²) in [7, 11) is 0. The number of anilines is 1. The van der Waals surface area contributed by atoms with Crippen molar-refractivity contribution in [1.82, 2.24) is 15.0 Å². The Hall–Kier alpha value is -1.58. The van der Waals surface area contributed by atoms with Crippen molar-refractivity contribution in [1.29, 1.82) is 0 Å². The van der Waals surface area contributed by atoms with E-state index in [-0.39, 0.29) is 0 Å². The quantitative estimate of drug-likeness (QED) is 0.756. The van der Waals surface area contributed by atoms with Gasteiger partial charge >= 0.3 is 0 Å². The molecule has 0 bridgehead atoms. The maximum absolute atomic E-state index is 4.25. The smallest absolute Gasteiger partial charge is 0.154 e. The number of aryl methyl sites for hydroxylation is 1. The normalized spacial score (nSPS) is 16.1. The van der Waals surface area contributed by atoms with Crippen LogP contribution in [-0.2, 0) is 0 Å². The van der Waals surface area contributed by atoms with Crippen LogP contribution >= 0.6 is 0 Å². The minimum atomic E-state index is 0.622. The van der Waals surface area contributed by atoms with Crippen LogP contribution in [0.15, 0.2) is 12.4 Å². The number of hydrogen-bond donors (Lipinski definition) is 2. The molecule has 2 N–H and O–H groups in total. The second kappa shape index (κ2) is 2.70. The first-order valence-corrected chi connectivity index (χ1v) is 4.90. The Morgan fingerprint density at radius 2 is 2.29 bits per heavy atom. The SMILES string of the molecule is Cc1cc2ncnc(NC3CC3)c2[nH]1. The van der Waals surface area contributed by atoms with E-state index in [9.17, 15) is 0 Å². The molecule has 0 atom stereocenters. The highest BCUT2D eigenvalue weighted by Gasteiger charge is 2.22. The van der Waals surface area contributed by atoms with Crippen LogP contribution in [-0.4, -0.2) is 21.0 Å². The van der Waals surface area contributed by atoms with E-state index >= 15 is 0 Å². The summed E-state index contributed by atoms with van der Waals surface area (Å²) in [6.45, 7) is 2.03. The predicted octanol–water partition coefficient (Wildman–Crippen LogP) is 1.84. The van der Waals surface area contributed by atoms with Crippen LogP contribution in [0.2, 0.25) is 0 Å². The summed E-state index contributed by atoms with van der Waals surface area (Å²) in [6, 6.07) is 2.66. The number of aromatic amines is 1. The third-order valence-corrected chi connectivity index (χ3v) is 2.47. The molecule has 0 aromatic carbocycles. The largest absolute Gasteiger partial charge is 0.365 e. The first-order valence-electron chi connectivity index (χ1n) is 4.90. The molecule has 1 saturated carbocycles. The number of hydrogen-bond acceptors (Lipinski definition) is 3. The standard InChI is InChI=1S/C10H12N4/c1-6-4-8-9(13-6)10(12-5-11-8)14-7-2-3-7/h4-5,7,13H,2-3H2,1H3,(H,11,12,14). The van der Waals surface area contributed by atoms with Crippen molar-refractivity contribution in [2.24, 2.45) is 0 Å². The fourth-order valence-electron chi connectivity index (χ4n) is 1.60. The highest BCUT2D eigenvalue weighted by atomic mass is 15.1. The Bertz CT molecular complexity index is 470. The third kappa shape index (κ3) is 1.23. The first kappa shape index (κ1) is 7.79. The van der Waals surface area contributed by atoms with Crippen LogP contribution in [0.1, 0.15) is 18.5 Å². The topological polar surface area (TPSA) is 53.6 Å². The fraction of sp³-hybridized carbons (Fsp3) is 0.400. The fourth-order valence-corrected chi connectivity index (χ4v) is 1.60. The van der Waals surface area contributed by atoms with E-state index in [1.807, 2.05) is 13.0 Å². The van der Waals surface area contributed by atoms with Gasteiger partial charge in [-0.3, -0.25) is 0 Å². The number of fused-ring (bicyclic) bond motifs is 1. The van der Waals surface area contributed by atoms with E-state index < -0.39 is 0 Å². The minimum absolute atomic E-state index is 0.622. The number of aromatic nitrogens is 3. The average Bonchev–Trinajstić information content (AvgIpc) is 2.87. The Balaban J connectivity index is 2.11. The molecule has 3 rings (SSSR count). The minimum Gasteiger partial charge on any atom is -0.365 e. The lowest BCUT2D eigenvalue weighted by molar-refractivity contribution is 1.10. The lowest BCUT2D eigenvalue weighted by atomic mass is 10.4. The van der Waals surface area contributed by atoms with Crippen molar-refractivity contribution in [3.8, 4) is 0 Å². The molecule has 0 aliphatic heterocycles. The maximum atomic E-state index is 4.25. The second-order valence-electron chi connectivity index (χ2n) is 3.85. The Kier molecular flexibility index (Phi) is 1.50. The molecule has 0 saturated heterocycles. The van der Waals surface area contributed by atoms with Crippen LogP contribution in [0.25, 0.3) is 11.0 Å². The van der Waals surface area contributed by atoms with Gasteiger partial charge in [0.2, 0.25) is 0 Å². The molecule has 2 heterocycles. The summed E-state index contributed by atoms with van der Waals surface area (Å²) in [4.78, 5) is 11.7. The van der Waals surface area contributed by atoms with Crippen LogP contribution in [0.4, 0.5) is 5.82 Å². The van der Waals surface area contributed by atoms with Gasteiger partial charge in [-0.05, 0) is 25.8 Å². The first-order chi connectivity index (χ1) is 6.83. The molecule has 1 aliphatic rings. The van der Waals surface area contributed by atoms with Gasteiger partial charge in [0.15, 0.2) is 5.82 Å². The van der Waals surface area contributed by atoms with Crippen LogP contribution in [0.3, 0.4) is 0 Å². The molecular formula is C10H12N4. The number of nitrogens with one attached hydrogen (secondary N) is 2. The van der Waals surface area contributed by atoms with Gasteiger partial charge in [-0.1, -0.05) is 0 Å². The number of H-pyrrole nitrogens is 1. The van der Waals surface area contributed by atoms with Crippen molar-refractivity contribution in [2.45, 2.75) is 25.8 Å². The highest BCUT2D eigenvalue weighted by molar-refractivity contribution is 5.86. The van der Waals surface area contributed by atoms with Crippen LogP contribution < -0.4 is 5.32 Å². The molecule has 14 heavy (non-hydrogen) atoms. The van der Waals surface area contributed by atoms with E-state index in [0.717, 1.165) is 22.5 Å². The van der Waals surface area contributed by atoms with Gasteiger partial charge in [0, 0.05) is 11.7 Å². The van der Waals surface area contributed by atoms with Gasteiger partial charge in [0.05, 0.1) is 5.52 Å². The van der Waals surface area contributed by atoms with E-state index in [0.29, 0.717) is 6.04 Å². The molecule has 0 spiro atoms. The lowest BCUT2D eigenvalue weighted by Gasteiger charge is -2.03. The van der Waals surface area contributed by atoms with E-state index in [1.54, 1.807) is 6.33 Å². The number of rotatable bonds is 2. The van der Waals surface area contributed by atoms with Crippen LogP contribution in [0, 0.1) is 6.92 Å². The lowest BCUT2D eigenvalue weighted by Crippen LogP contribution is -2.03. The predicted molar refractivity (Wildman–Crippen MR) is 55.3 cm³/mol. The maximum Gasteiger partial charge on any atom is 0.154 e. The Morgan fingerprint density at radius 3 is 3.07 bits per heavy atom. The average molecular weight is 188 g/mol. The monoisotopic (exact) mass is 188 g/mol. The Morgan fingerprint density at radius 1 is 1.43 bits per heavy atom.